The molecule has 1 aromatic carbocycles. The summed E-state index contributed by atoms with van der Waals surface area (Å²) < 4.78 is 5.92. The van der Waals surface area contributed by atoms with Crippen molar-refractivity contribution >= 4 is 17.6 Å². The van der Waals surface area contributed by atoms with E-state index in [-0.39, 0.29) is 24.6 Å². The van der Waals surface area contributed by atoms with Gasteiger partial charge in [0, 0.05) is 19.0 Å². The van der Waals surface area contributed by atoms with Crippen LogP contribution in [0, 0.1) is 13.8 Å². The fraction of sp³-hybridized carbons (Fsp3) is 0.600. The van der Waals surface area contributed by atoms with E-state index in [2.05, 4.69) is 12.2 Å². The van der Waals surface area contributed by atoms with Crippen LogP contribution in [-0.2, 0) is 14.3 Å². The van der Waals surface area contributed by atoms with Gasteiger partial charge in [0.1, 0.15) is 0 Å². The summed E-state index contributed by atoms with van der Waals surface area (Å²) in [6.07, 6.45) is 3.88. The smallest absolute Gasteiger partial charge is 0.306 e. The van der Waals surface area contributed by atoms with Gasteiger partial charge in [-0.2, -0.15) is 0 Å². The zero-order valence-electron chi connectivity index (χ0n) is 15.9. The number of amides is 1. The first kappa shape index (κ1) is 19.4. The zero-order valence-corrected chi connectivity index (χ0v) is 15.9. The lowest BCUT2D eigenvalue weighted by molar-refractivity contribution is -0.961. The molecule has 5 nitrogen and oxygen atoms in total. The first-order valence-electron chi connectivity index (χ1n) is 9.26. The minimum absolute atomic E-state index is 0.0395. The molecule has 1 amide bonds. The van der Waals surface area contributed by atoms with Crippen LogP contribution in [0.25, 0.3) is 0 Å². The summed E-state index contributed by atoms with van der Waals surface area (Å²) in [5.41, 5.74) is 3.04. The van der Waals surface area contributed by atoms with Crippen molar-refractivity contribution in [3.05, 3.63) is 29.3 Å². The SMILES string of the molecule is CCC[N+]1(COC(C)=O)CCCCC1C(=O)Nc1c(C)cccc1C. The molecule has 1 aliphatic rings. The molecule has 0 spiro atoms. The van der Waals surface area contributed by atoms with Crippen molar-refractivity contribution in [1.82, 2.24) is 0 Å². The number of carbonyl (C=O) groups is 2. The number of nitrogens with zero attached hydrogens (tertiary/aromatic N) is 1. The number of nitrogens with one attached hydrogen (secondary N) is 1. The second-order valence-corrected chi connectivity index (χ2v) is 7.20. The standard InChI is InChI=1S/C20H30N2O3/c1-5-12-22(14-25-17(4)23)13-7-6-11-18(22)20(24)21-19-15(2)9-8-10-16(19)3/h8-10,18H,5-7,11-14H2,1-4H3/p+1. The molecule has 0 radical (unpaired) electrons. The Hall–Kier alpha value is -1.88. The van der Waals surface area contributed by atoms with E-state index in [9.17, 15) is 9.59 Å². The molecule has 2 rings (SSSR count). The molecule has 2 atom stereocenters. The first-order valence-corrected chi connectivity index (χ1v) is 9.26. The number of esters is 1. The number of ether oxygens (including phenoxy) is 1. The van der Waals surface area contributed by atoms with Gasteiger partial charge in [-0.25, -0.2) is 0 Å². The second kappa shape index (κ2) is 8.48. The fourth-order valence-electron chi connectivity index (χ4n) is 3.94. The lowest BCUT2D eigenvalue weighted by atomic mass is 9.97. The fourth-order valence-corrected chi connectivity index (χ4v) is 3.94. The number of hydrogen-bond acceptors (Lipinski definition) is 3. The van der Waals surface area contributed by atoms with E-state index < -0.39 is 0 Å². The van der Waals surface area contributed by atoms with Crippen molar-refractivity contribution in [2.75, 3.05) is 25.1 Å². The van der Waals surface area contributed by atoms with Crippen LogP contribution < -0.4 is 5.32 Å². The molecular formula is C20H31N2O3+. The maximum atomic E-state index is 13.1. The highest BCUT2D eigenvalue weighted by Gasteiger charge is 2.44. The van der Waals surface area contributed by atoms with Crippen molar-refractivity contribution in [1.29, 1.82) is 0 Å². The van der Waals surface area contributed by atoms with Gasteiger partial charge in [-0.3, -0.25) is 14.1 Å². The molecule has 1 saturated heterocycles. The number of quaternary nitrogens is 1. The minimum atomic E-state index is -0.284. The Bertz CT molecular complexity index is 605. The van der Waals surface area contributed by atoms with Gasteiger partial charge >= 0.3 is 5.97 Å². The van der Waals surface area contributed by atoms with Gasteiger partial charge in [0.05, 0.1) is 13.1 Å². The van der Waals surface area contributed by atoms with Gasteiger partial charge in [0.25, 0.3) is 5.91 Å². The number of anilines is 1. The van der Waals surface area contributed by atoms with Crippen LogP contribution in [0.4, 0.5) is 5.69 Å². The van der Waals surface area contributed by atoms with Gasteiger partial charge in [0.2, 0.25) is 6.73 Å². The quantitative estimate of drug-likeness (QED) is 0.632. The van der Waals surface area contributed by atoms with Crippen molar-refractivity contribution in [3.63, 3.8) is 0 Å². The van der Waals surface area contributed by atoms with Crippen LogP contribution in [0.1, 0.15) is 50.7 Å². The number of rotatable bonds is 6. The number of para-hydroxylation sites is 1. The van der Waals surface area contributed by atoms with Crippen molar-refractivity contribution < 1.29 is 18.8 Å². The largest absolute Gasteiger partial charge is 0.415 e. The molecule has 1 fully saturated rings. The van der Waals surface area contributed by atoms with E-state index in [0.717, 1.165) is 55.6 Å². The topological polar surface area (TPSA) is 55.4 Å². The summed E-state index contributed by atoms with van der Waals surface area (Å²) >= 11 is 0. The van der Waals surface area contributed by atoms with E-state index in [0.29, 0.717) is 4.48 Å². The maximum absolute atomic E-state index is 13.1. The molecule has 1 aliphatic heterocycles. The zero-order chi connectivity index (χ0) is 18.4. The third kappa shape index (κ3) is 4.60. The predicted molar refractivity (Wildman–Crippen MR) is 99.1 cm³/mol. The molecule has 0 aromatic heterocycles. The Morgan fingerprint density at radius 2 is 1.92 bits per heavy atom. The summed E-state index contributed by atoms with van der Waals surface area (Å²) in [4.78, 5) is 24.5. The van der Waals surface area contributed by atoms with E-state index in [1.165, 1.54) is 6.92 Å². The number of hydrogen-bond donors (Lipinski definition) is 1. The lowest BCUT2D eigenvalue weighted by Gasteiger charge is -2.45. The maximum Gasteiger partial charge on any atom is 0.306 e. The van der Waals surface area contributed by atoms with Crippen LogP contribution in [0.15, 0.2) is 18.2 Å². The van der Waals surface area contributed by atoms with Crippen molar-refractivity contribution in [2.24, 2.45) is 0 Å². The number of piperidine rings is 1. The highest BCUT2D eigenvalue weighted by atomic mass is 16.5. The summed E-state index contributed by atoms with van der Waals surface area (Å²) in [5, 5.41) is 3.15. The molecular weight excluding hydrogens is 316 g/mol. The average molecular weight is 347 g/mol. The summed E-state index contributed by atoms with van der Waals surface area (Å²) in [6, 6.07) is 5.85. The van der Waals surface area contributed by atoms with Crippen molar-refractivity contribution in [3.8, 4) is 0 Å². The minimum Gasteiger partial charge on any atom is -0.415 e. The first-order chi connectivity index (χ1) is 11.9. The Labute approximate surface area is 150 Å². The lowest BCUT2D eigenvalue weighted by Crippen LogP contribution is -2.63. The van der Waals surface area contributed by atoms with Crippen LogP contribution in [0.2, 0.25) is 0 Å². The van der Waals surface area contributed by atoms with Gasteiger partial charge in [-0.05, 0) is 44.2 Å². The number of aryl methyl sites for hydroxylation is 2. The van der Waals surface area contributed by atoms with E-state index >= 15 is 0 Å². The Kier molecular flexibility index (Phi) is 6.59. The molecule has 25 heavy (non-hydrogen) atoms. The second-order valence-electron chi connectivity index (χ2n) is 7.20. The normalized spacial score (nSPS) is 23.1. The van der Waals surface area contributed by atoms with Gasteiger partial charge in [-0.15, -0.1) is 0 Å². The number of likely N-dealkylation sites (tertiary alicyclic amines) is 1. The average Bonchev–Trinajstić information content (AvgIpc) is 2.57. The molecule has 0 bridgehead atoms. The summed E-state index contributed by atoms with van der Waals surface area (Å²) in [5.74, 6) is -0.245. The summed E-state index contributed by atoms with van der Waals surface area (Å²) in [7, 11) is 0. The Morgan fingerprint density at radius 3 is 2.52 bits per heavy atom. The van der Waals surface area contributed by atoms with Gasteiger partial charge < -0.3 is 10.1 Å². The Morgan fingerprint density at radius 1 is 1.24 bits per heavy atom. The molecule has 1 heterocycles. The third-order valence-electron chi connectivity index (χ3n) is 5.22. The van der Waals surface area contributed by atoms with E-state index in [1.54, 1.807) is 0 Å². The number of benzene rings is 1. The van der Waals surface area contributed by atoms with Crippen LogP contribution in [-0.4, -0.2) is 42.2 Å². The monoisotopic (exact) mass is 347 g/mol. The van der Waals surface area contributed by atoms with Crippen LogP contribution in [0.5, 0.6) is 0 Å². The summed E-state index contributed by atoms with van der Waals surface area (Å²) in [6.45, 7) is 9.58. The predicted octanol–water partition coefficient (Wildman–Crippen LogP) is 3.54. The third-order valence-corrected chi connectivity index (χ3v) is 5.22. The van der Waals surface area contributed by atoms with Crippen LogP contribution >= 0.6 is 0 Å². The molecule has 0 saturated carbocycles. The van der Waals surface area contributed by atoms with E-state index in [1.807, 2.05) is 32.0 Å². The highest BCUT2D eigenvalue weighted by molar-refractivity contribution is 5.95. The molecule has 1 N–H and O–H groups in total. The molecule has 2 unspecified atom stereocenters. The molecule has 0 aliphatic carbocycles. The van der Waals surface area contributed by atoms with Gasteiger partial charge in [0.15, 0.2) is 6.04 Å². The molecule has 5 heteroatoms. The van der Waals surface area contributed by atoms with E-state index in [4.69, 9.17) is 4.74 Å². The number of carbonyl (C=O) groups excluding carboxylic acids is 2. The van der Waals surface area contributed by atoms with Gasteiger partial charge in [-0.1, -0.05) is 25.1 Å². The van der Waals surface area contributed by atoms with Crippen LogP contribution in [0.3, 0.4) is 0 Å². The Balaban J connectivity index is 2.25. The molecule has 1 aromatic rings. The highest BCUT2D eigenvalue weighted by Crippen LogP contribution is 2.29. The van der Waals surface area contributed by atoms with Crippen molar-refractivity contribution in [2.45, 2.75) is 59.4 Å². The molecule has 138 valence electrons.